The Morgan fingerprint density at radius 3 is 2.23 bits per heavy atom. The van der Waals surface area contributed by atoms with Gasteiger partial charge in [0.2, 0.25) is 0 Å². The van der Waals surface area contributed by atoms with E-state index in [9.17, 15) is 4.79 Å². The van der Waals surface area contributed by atoms with Crippen LogP contribution >= 0.6 is 0 Å². The molecule has 2 aliphatic rings. The summed E-state index contributed by atoms with van der Waals surface area (Å²) in [6.07, 6.45) is 8.04. The number of nitrogens with two attached hydrogens (primary N) is 1. The molecule has 2 saturated carbocycles. The van der Waals surface area contributed by atoms with Crippen molar-refractivity contribution in [2.24, 2.45) is 17.6 Å². The summed E-state index contributed by atoms with van der Waals surface area (Å²) < 4.78 is 0. The third-order valence-electron chi connectivity index (χ3n) is 3.69. The van der Waals surface area contributed by atoms with Crippen molar-refractivity contribution in [3.63, 3.8) is 0 Å². The van der Waals surface area contributed by atoms with Gasteiger partial charge in [-0.25, -0.2) is 0 Å². The summed E-state index contributed by atoms with van der Waals surface area (Å²) in [5, 5.41) is 0. The van der Waals surface area contributed by atoms with Gasteiger partial charge in [0, 0.05) is 17.9 Å². The van der Waals surface area contributed by atoms with Crippen LogP contribution in [0.4, 0.5) is 0 Å². The minimum absolute atomic E-state index is 0.168. The molecule has 2 unspecified atom stereocenters. The van der Waals surface area contributed by atoms with E-state index >= 15 is 0 Å². The topological polar surface area (TPSA) is 43.1 Å². The van der Waals surface area contributed by atoms with E-state index in [1.807, 2.05) is 0 Å². The zero-order chi connectivity index (χ0) is 9.26. The van der Waals surface area contributed by atoms with E-state index in [1.54, 1.807) is 0 Å². The molecule has 2 rings (SSSR count). The molecule has 0 aromatic heterocycles. The van der Waals surface area contributed by atoms with Crippen LogP contribution in [0.3, 0.4) is 0 Å². The highest BCUT2D eigenvalue weighted by atomic mass is 16.1. The zero-order valence-electron chi connectivity index (χ0n) is 8.17. The maximum Gasteiger partial charge on any atom is 0.140 e. The molecule has 74 valence electrons. The summed E-state index contributed by atoms with van der Waals surface area (Å²) in [4.78, 5) is 11.9. The van der Waals surface area contributed by atoms with Crippen molar-refractivity contribution in [2.45, 2.75) is 51.0 Å². The van der Waals surface area contributed by atoms with Crippen molar-refractivity contribution in [1.82, 2.24) is 0 Å². The number of hydrogen-bond donors (Lipinski definition) is 1. The molecule has 2 fully saturated rings. The van der Waals surface area contributed by atoms with Crippen molar-refractivity contribution in [1.29, 1.82) is 0 Å². The summed E-state index contributed by atoms with van der Waals surface area (Å²) in [6, 6.07) is 0.168. The van der Waals surface area contributed by atoms with Gasteiger partial charge in [-0.3, -0.25) is 4.79 Å². The molecule has 2 N–H and O–H groups in total. The van der Waals surface area contributed by atoms with Gasteiger partial charge in [0.05, 0.1) is 0 Å². The number of carbonyl (C=O) groups excluding carboxylic acids is 1. The largest absolute Gasteiger partial charge is 0.327 e. The van der Waals surface area contributed by atoms with Crippen molar-refractivity contribution >= 4 is 5.78 Å². The van der Waals surface area contributed by atoms with E-state index in [1.165, 1.54) is 19.3 Å². The second-order valence-corrected chi connectivity index (χ2v) is 4.59. The highest BCUT2D eigenvalue weighted by Gasteiger charge is 2.35. The van der Waals surface area contributed by atoms with Crippen LogP contribution in [0.2, 0.25) is 0 Å². The van der Waals surface area contributed by atoms with Gasteiger partial charge >= 0.3 is 0 Å². The molecule has 0 spiro atoms. The Morgan fingerprint density at radius 2 is 1.69 bits per heavy atom. The van der Waals surface area contributed by atoms with E-state index in [-0.39, 0.29) is 12.0 Å². The van der Waals surface area contributed by atoms with Gasteiger partial charge in [-0.15, -0.1) is 0 Å². The smallest absolute Gasteiger partial charge is 0.140 e. The van der Waals surface area contributed by atoms with Crippen molar-refractivity contribution < 1.29 is 4.79 Å². The first-order valence-electron chi connectivity index (χ1n) is 5.58. The minimum Gasteiger partial charge on any atom is -0.327 e. The first-order valence-corrected chi connectivity index (χ1v) is 5.58. The Morgan fingerprint density at radius 1 is 1.00 bits per heavy atom. The Hall–Kier alpha value is -0.370. The molecule has 2 aliphatic carbocycles. The van der Waals surface area contributed by atoms with E-state index < -0.39 is 0 Å². The normalized spacial score (nSPS) is 35.5. The van der Waals surface area contributed by atoms with Crippen LogP contribution < -0.4 is 5.73 Å². The summed E-state index contributed by atoms with van der Waals surface area (Å²) in [5.41, 5.74) is 5.98. The van der Waals surface area contributed by atoms with Crippen LogP contribution in [-0.2, 0) is 4.79 Å². The zero-order valence-corrected chi connectivity index (χ0v) is 8.17. The quantitative estimate of drug-likeness (QED) is 0.706. The molecule has 0 amide bonds. The molecule has 0 heterocycles. The molecule has 2 nitrogen and oxygen atoms in total. The molecule has 0 aromatic carbocycles. The molecule has 2 atom stereocenters. The Labute approximate surface area is 79.9 Å². The standard InChI is InChI=1S/C11H19NO/c12-10-7-2-1-6-9(10)11(13)8-4-3-5-8/h8-10H,1-7,12H2. The van der Waals surface area contributed by atoms with Crippen LogP contribution in [0.25, 0.3) is 0 Å². The third kappa shape index (κ3) is 1.78. The fourth-order valence-electron chi connectivity index (χ4n) is 2.51. The Kier molecular flexibility index (Phi) is 2.68. The molecular weight excluding hydrogens is 162 g/mol. The summed E-state index contributed by atoms with van der Waals surface area (Å²) >= 11 is 0. The summed E-state index contributed by atoms with van der Waals surface area (Å²) in [5.74, 6) is 1.08. The predicted octanol–water partition coefficient (Wildman–Crippen LogP) is 1.87. The predicted molar refractivity (Wildman–Crippen MR) is 52.3 cm³/mol. The van der Waals surface area contributed by atoms with Crippen LogP contribution in [0.1, 0.15) is 44.9 Å². The monoisotopic (exact) mass is 181 g/mol. The van der Waals surface area contributed by atoms with E-state index in [0.717, 1.165) is 25.7 Å². The number of rotatable bonds is 2. The summed E-state index contributed by atoms with van der Waals surface area (Å²) in [7, 11) is 0. The molecule has 0 aromatic rings. The van der Waals surface area contributed by atoms with Crippen molar-refractivity contribution in [3.8, 4) is 0 Å². The fraction of sp³-hybridized carbons (Fsp3) is 0.909. The molecule has 0 aliphatic heterocycles. The van der Waals surface area contributed by atoms with Gasteiger partial charge in [0.15, 0.2) is 0 Å². The van der Waals surface area contributed by atoms with Gasteiger partial charge in [0.1, 0.15) is 5.78 Å². The lowest BCUT2D eigenvalue weighted by atomic mass is 9.72. The minimum atomic E-state index is 0.168. The van der Waals surface area contributed by atoms with Gasteiger partial charge in [-0.05, 0) is 25.7 Å². The molecule has 0 radical (unpaired) electrons. The van der Waals surface area contributed by atoms with Gasteiger partial charge in [0.25, 0.3) is 0 Å². The van der Waals surface area contributed by atoms with E-state index in [4.69, 9.17) is 5.73 Å². The average Bonchev–Trinajstić information content (AvgIpc) is 2.01. The number of hydrogen-bond acceptors (Lipinski definition) is 2. The van der Waals surface area contributed by atoms with Gasteiger partial charge in [-0.2, -0.15) is 0 Å². The van der Waals surface area contributed by atoms with Crippen molar-refractivity contribution in [3.05, 3.63) is 0 Å². The van der Waals surface area contributed by atoms with Gasteiger partial charge in [-0.1, -0.05) is 19.3 Å². The lowest BCUT2D eigenvalue weighted by Gasteiger charge is -2.33. The number of ketones is 1. The lowest BCUT2D eigenvalue weighted by molar-refractivity contribution is -0.130. The van der Waals surface area contributed by atoms with Gasteiger partial charge < -0.3 is 5.73 Å². The maximum absolute atomic E-state index is 11.9. The molecule has 0 bridgehead atoms. The van der Waals surface area contributed by atoms with Crippen LogP contribution in [0.5, 0.6) is 0 Å². The van der Waals surface area contributed by atoms with Crippen molar-refractivity contribution in [2.75, 3.05) is 0 Å². The number of carbonyl (C=O) groups is 1. The average molecular weight is 181 g/mol. The maximum atomic E-state index is 11.9. The van der Waals surface area contributed by atoms with Crippen LogP contribution in [-0.4, -0.2) is 11.8 Å². The van der Waals surface area contributed by atoms with Crippen LogP contribution in [0, 0.1) is 11.8 Å². The Bertz CT molecular complexity index is 198. The summed E-state index contributed by atoms with van der Waals surface area (Å²) in [6.45, 7) is 0. The highest BCUT2D eigenvalue weighted by Crippen LogP contribution is 2.34. The molecular formula is C11H19NO. The SMILES string of the molecule is NC1CCCCC1C(=O)C1CCC1. The first-order chi connectivity index (χ1) is 6.29. The lowest BCUT2D eigenvalue weighted by Crippen LogP contribution is -2.42. The first kappa shape index (κ1) is 9.20. The highest BCUT2D eigenvalue weighted by molar-refractivity contribution is 5.84. The second kappa shape index (κ2) is 3.79. The third-order valence-corrected chi connectivity index (χ3v) is 3.69. The van der Waals surface area contributed by atoms with Crippen LogP contribution in [0.15, 0.2) is 0 Å². The molecule has 0 saturated heterocycles. The second-order valence-electron chi connectivity index (χ2n) is 4.59. The molecule has 13 heavy (non-hydrogen) atoms. The Balaban J connectivity index is 1.93. The number of Topliss-reactive ketones (excluding diaryl/α,β-unsaturated/α-hetero) is 1. The van der Waals surface area contributed by atoms with E-state index in [0.29, 0.717) is 11.7 Å². The molecule has 2 heteroatoms. The van der Waals surface area contributed by atoms with E-state index in [2.05, 4.69) is 0 Å². The fourth-order valence-corrected chi connectivity index (χ4v) is 2.51.